The van der Waals surface area contributed by atoms with Crippen molar-refractivity contribution in [3.05, 3.63) is 30.5 Å². The minimum absolute atomic E-state index is 0.616. The van der Waals surface area contributed by atoms with E-state index in [0.717, 1.165) is 11.4 Å². The molecule has 0 spiro atoms. The number of hydrogen-bond acceptors (Lipinski definition) is 4. The maximum absolute atomic E-state index is 5.78. The third-order valence-electron chi connectivity index (χ3n) is 2.19. The van der Waals surface area contributed by atoms with Crippen LogP contribution in [-0.2, 0) is 7.05 Å². The summed E-state index contributed by atoms with van der Waals surface area (Å²) in [6, 6.07) is 7.60. The molecule has 84 valence electrons. The zero-order valence-electron chi connectivity index (χ0n) is 9.27. The van der Waals surface area contributed by atoms with Gasteiger partial charge < -0.3 is 15.8 Å². The fourth-order valence-electron chi connectivity index (χ4n) is 1.44. The van der Waals surface area contributed by atoms with Crippen LogP contribution in [0.1, 0.15) is 0 Å². The lowest BCUT2D eigenvalue weighted by atomic mass is 10.3. The Hall–Kier alpha value is -2.17. The largest absolute Gasteiger partial charge is 0.497 e. The first-order chi connectivity index (χ1) is 7.69. The SMILES string of the molecule is COc1cccc(Nc2nn(C)cc2N)c1. The summed E-state index contributed by atoms with van der Waals surface area (Å²) in [4.78, 5) is 0. The maximum atomic E-state index is 5.78. The highest BCUT2D eigenvalue weighted by molar-refractivity contribution is 5.68. The van der Waals surface area contributed by atoms with Crippen LogP contribution in [0.2, 0.25) is 0 Å². The third kappa shape index (κ3) is 2.08. The predicted octanol–water partition coefficient (Wildman–Crippen LogP) is 1.75. The summed E-state index contributed by atoms with van der Waals surface area (Å²) < 4.78 is 6.80. The Morgan fingerprint density at radius 3 is 2.88 bits per heavy atom. The minimum atomic E-state index is 0.616. The highest BCUT2D eigenvalue weighted by Crippen LogP contribution is 2.23. The summed E-state index contributed by atoms with van der Waals surface area (Å²) in [5, 5.41) is 7.33. The zero-order chi connectivity index (χ0) is 11.5. The quantitative estimate of drug-likeness (QED) is 0.823. The molecule has 0 atom stereocenters. The molecule has 3 N–H and O–H groups in total. The summed E-state index contributed by atoms with van der Waals surface area (Å²) in [5.74, 6) is 1.44. The molecule has 1 heterocycles. The van der Waals surface area contributed by atoms with Gasteiger partial charge in [0.05, 0.1) is 12.8 Å². The Kier molecular flexibility index (Phi) is 2.68. The van der Waals surface area contributed by atoms with Crippen molar-refractivity contribution in [3.63, 3.8) is 0 Å². The van der Waals surface area contributed by atoms with Crippen LogP contribution in [-0.4, -0.2) is 16.9 Å². The van der Waals surface area contributed by atoms with Gasteiger partial charge in [0.2, 0.25) is 0 Å². The first-order valence-corrected chi connectivity index (χ1v) is 4.89. The number of benzene rings is 1. The van der Waals surface area contributed by atoms with Crippen molar-refractivity contribution in [1.29, 1.82) is 0 Å². The van der Waals surface area contributed by atoms with Crippen LogP contribution < -0.4 is 15.8 Å². The van der Waals surface area contributed by atoms with Gasteiger partial charge in [-0.15, -0.1) is 0 Å². The van der Waals surface area contributed by atoms with Crippen molar-refractivity contribution in [1.82, 2.24) is 9.78 Å². The molecule has 1 aromatic heterocycles. The molecule has 0 aliphatic carbocycles. The zero-order valence-corrected chi connectivity index (χ0v) is 9.27. The van der Waals surface area contributed by atoms with Crippen molar-refractivity contribution >= 4 is 17.2 Å². The lowest BCUT2D eigenvalue weighted by Gasteiger charge is -2.05. The van der Waals surface area contributed by atoms with Gasteiger partial charge in [-0.2, -0.15) is 5.10 Å². The Morgan fingerprint density at radius 2 is 2.25 bits per heavy atom. The molecule has 2 aromatic rings. The number of anilines is 3. The molecule has 2 rings (SSSR count). The van der Waals surface area contributed by atoms with Gasteiger partial charge in [0, 0.05) is 25.0 Å². The van der Waals surface area contributed by atoms with E-state index in [0.29, 0.717) is 11.5 Å². The number of aryl methyl sites for hydroxylation is 1. The van der Waals surface area contributed by atoms with Gasteiger partial charge in [0.15, 0.2) is 5.82 Å². The molecular formula is C11H14N4O. The summed E-state index contributed by atoms with van der Waals surface area (Å²) in [6.45, 7) is 0. The van der Waals surface area contributed by atoms with E-state index in [9.17, 15) is 0 Å². The van der Waals surface area contributed by atoms with Crippen LogP contribution in [0.5, 0.6) is 5.75 Å². The van der Waals surface area contributed by atoms with E-state index in [1.165, 1.54) is 0 Å². The fourth-order valence-corrected chi connectivity index (χ4v) is 1.44. The first kappa shape index (κ1) is 10.4. The minimum Gasteiger partial charge on any atom is -0.497 e. The van der Waals surface area contributed by atoms with Crippen LogP contribution >= 0.6 is 0 Å². The standard InChI is InChI=1S/C11H14N4O/c1-15-7-10(12)11(14-15)13-8-4-3-5-9(6-8)16-2/h3-7H,12H2,1-2H3,(H,13,14). The van der Waals surface area contributed by atoms with Crippen LogP contribution in [0.3, 0.4) is 0 Å². The Bertz CT molecular complexity index is 492. The van der Waals surface area contributed by atoms with Gasteiger partial charge in [0.25, 0.3) is 0 Å². The van der Waals surface area contributed by atoms with E-state index in [1.54, 1.807) is 18.0 Å². The van der Waals surface area contributed by atoms with Crippen molar-refractivity contribution in [2.75, 3.05) is 18.2 Å². The van der Waals surface area contributed by atoms with E-state index in [2.05, 4.69) is 10.4 Å². The molecule has 0 saturated carbocycles. The lowest BCUT2D eigenvalue weighted by Crippen LogP contribution is -1.96. The number of methoxy groups -OCH3 is 1. The second-order valence-corrected chi connectivity index (χ2v) is 3.46. The van der Waals surface area contributed by atoms with E-state index < -0.39 is 0 Å². The second kappa shape index (κ2) is 4.14. The summed E-state index contributed by atoms with van der Waals surface area (Å²) in [5.41, 5.74) is 7.29. The lowest BCUT2D eigenvalue weighted by molar-refractivity contribution is 0.415. The van der Waals surface area contributed by atoms with E-state index in [1.807, 2.05) is 31.3 Å². The number of nitrogens with one attached hydrogen (secondary N) is 1. The highest BCUT2D eigenvalue weighted by atomic mass is 16.5. The van der Waals surface area contributed by atoms with Gasteiger partial charge in [-0.1, -0.05) is 6.07 Å². The molecule has 5 heteroatoms. The van der Waals surface area contributed by atoms with Crippen LogP contribution in [0, 0.1) is 0 Å². The number of nitrogen functional groups attached to an aromatic ring is 1. The van der Waals surface area contributed by atoms with Gasteiger partial charge in [-0.05, 0) is 12.1 Å². The van der Waals surface area contributed by atoms with E-state index in [4.69, 9.17) is 10.5 Å². The number of nitrogens with two attached hydrogens (primary N) is 1. The molecule has 0 unspecified atom stereocenters. The Morgan fingerprint density at radius 1 is 1.44 bits per heavy atom. The molecule has 0 saturated heterocycles. The summed E-state index contributed by atoms with van der Waals surface area (Å²) in [7, 11) is 3.46. The van der Waals surface area contributed by atoms with Gasteiger partial charge in [-0.25, -0.2) is 0 Å². The molecule has 0 bridgehead atoms. The van der Waals surface area contributed by atoms with Crippen molar-refractivity contribution in [3.8, 4) is 5.75 Å². The predicted molar refractivity (Wildman–Crippen MR) is 63.9 cm³/mol. The Labute approximate surface area is 93.8 Å². The number of ether oxygens (including phenoxy) is 1. The van der Waals surface area contributed by atoms with Crippen molar-refractivity contribution < 1.29 is 4.74 Å². The van der Waals surface area contributed by atoms with Crippen LogP contribution in [0.25, 0.3) is 0 Å². The van der Waals surface area contributed by atoms with Gasteiger partial charge in [0.1, 0.15) is 5.75 Å². The van der Waals surface area contributed by atoms with Gasteiger partial charge in [-0.3, -0.25) is 4.68 Å². The molecule has 0 aliphatic rings. The number of nitrogens with zero attached hydrogens (tertiary/aromatic N) is 2. The molecule has 5 nitrogen and oxygen atoms in total. The molecule has 0 aliphatic heterocycles. The average molecular weight is 218 g/mol. The average Bonchev–Trinajstić information content (AvgIpc) is 2.58. The monoisotopic (exact) mass is 218 g/mol. The number of rotatable bonds is 3. The summed E-state index contributed by atoms with van der Waals surface area (Å²) in [6.07, 6.45) is 1.75. The molecule has 0 amide bonds. The molecule has 0 radical (unpaired) electrons. The second-order valence-electron chi connectivity index (χ2n) is 3.46. The molecule has 1 aromatic carbocycles. The maximum Gasteiger partial charge on any atom is 0.175 e. The summed E-state index contributed by atoms with van der Waals surface area (Å²) >= 11 is 0. The van der Waals surface area contributed by atoms with E-state index in [-0.39, 0.29) is 0 Å². The van der Waals surface area contributed by atoms with Gasteiger partial charge >= 0.3 is 0 Å². The third-order valence-corrected chi connectivity index (χ3v) is 2.19. The molecule has 16 heavy (non-hydrogen) atoms. The normalized spacial score (nSPS) is 10.1. The Balaban J connectivity index is 2.23. The van der Waals surface area contributed by atoms with Crippen molar-refractivity contribution in [2.24, 2.45) is 7.05 Å². The number of hydrogen-bond donors (Lipinski definition) is 2. The molecular weight excluding hydrogens is 204 g/mol. The van der Waals surface area contributed by atoms with Crippen LogP contribution in [0.15, 0.2) is 30.5 Å². The van der Waals surface area contributed by atoms with Crippen LogP contribution in [0.4, 0.5) is 17.2 Å². The number of aromatic nitrogens is 2. The highest BCUT2D eigenvalue weighted by Gasteiger charge is 2.04. The first-order valence-electron chi connectivity index (χ1n) is 4.89. The topological polar surface area (TPSA) is 65.1 Å². The van der Waals surface area contributed by atoms with E-state index >= 15 is 0 Å². The smallest absolute Gasteiger partial charge is 0.175 e. The fraction of sp³-hybridized carbons (Fsp3) is 0.182. The molecule has 0 fully saturated rings. The van der Waals surface area contributed by atoms with Crippen molar-refractivity contribution in [2.45, 2.75) is 0 Å².